The molecule has 0 atom stereocenters. The summed E-state index contributed by atoms with van der Waals surface area (Å²) in [6.07, 6.45) is 4.68. The lowest BCUT2D eigenvalue weighted by Crippen LogP contribution is -2.39. The van der Waals surface area contributed by atoms with Gasteiger partial charge in [-0.1, -0.05) is 26.2 Å². The van der Waals surface area contributed by atoms with E-state index in [1.54, 1.807) is 31.4 Å². The van der Waals surface area contributed by atoms with Gasteiger partial charge in [0.05, 0.1) is 7.11 Å². The van der Waals surface area contributed by atoms with E-state index in [9.17, 15) is 4.79 Å². The lowest BCUT2D eigenvalue weighted by Gasteiger charge is -2.09. The smallest absolute Gasteiger partial charge is 0.257 e. The monoisotopic (exact) mass is 294 g/mol. The number of benzene rings is 1. The van der Waals surface area contributed by atoms with Gasteiger partial charge in [0.15, 0.2) is 5.11 Å². The highest BCUT2D eigenvalue weighted by Gasteiger charge is 2.07. The van der Waals surface area contributed by atoms with Crippen LogP contribution in [0.3, 0.4) is 0 Å². The van der Waals surface area contributed by atoms with Crippen molar-refractivity contribution in [2.24, 2.45) is 0 Å². The number of carbonyl (C=O) groups is 1. The highest BCUT2D eigenvalue weighted by atomic mass is 32.1. The van der Waals surface area contributed by atoms with Gasteiger partial charge in [0.25, 0.3) is 5.91 Å². The van der Waals surface area contributed by atoms with Gasteiger partial charge in [-0.25, -0.2) is 0 Å². The molecule has 1 amide bonds. The van der Waals surface area contributed by atoms with Gasteiger partial charge in [-0.15, -0.1) is 0 Å². The first-order valence-electron chi connectivity index (χ1n) is 6.90. The van der Waals surface area contributed by atoms with Crippen molar-refractivity contribution in [1.82, 2.24) is 10.6 Å². The molecule has 5 heteroatoms. The van der Waals surface area contributed by atoms with E-state index in [0.717, 1.165) is 18.7 Å². The third-order valence-corrected chi connectivity index (χ3v) is 3.14. The Kier molecular flexibility index (Phi) is 7.65. The van der Waals surface area contributed by atoms with Crippen molar-refractivity contribution < 1.29 is 9.53 Å². The molecule has 0 saturated heterocycles. The number of nitrogens with one attached hydrogen (secondary N) is 2. The molecule has 2 N–H and O–H groups in total. The molecule has 0 aliphatic carbocycles. The fourth-order valence-electron chi connectivity index (χ4n) is 1.72. The normalized spacial score (nSPS) is 9.90. The number of hydrogen-bond donors (Lipinski definition) is 2. The Balaban J connectivity index is 2.31. The molecule has 0 radical (unpaired) electrons. The van der Waals surface area contributed by atoms with Crippen LogP contribution in [0.25, 0.3) is 0 Å². The molecule has 0 aliphatic rings. The van der Waals surface area contributed by atoms with E-state index < -0.39 is 0 Å². The van der Waals surface area contributed by atoms with E-state index in [0.29, 0.717) is 10.7 Å². The number of carbonyl (C=O) groups excluding carboxylic acids is 1. The Morgan fingerprint density at radius 1 is 1.20 bits per heavy atom. The average molecular weight is 294 g/mol. The molecular weight excluding hydrogens is 272 g/mol. The van der Waals surface area contributed by atoms with Crippen LogP contribution in [0.5, 0.6) is 5.75 Å². The van der Waals surface area contributed by atoms with E-state index >= 15 is 0 Å². The van der Waals surface area contributed by atoms with Crippen LogP contribution in [0.4, 0.5) is 0 Å². The minimum atomic E-state index is -0.210. The predicted molar refractivity (Wildman–Crippen MR) is 85.2 cm³/mol. The van der Waals surface area contributed by atoms with Crippen LogP contribution in [0, 0.1) is 0 Å². The van der Waals surface area contributed by atoms with Gasteiger partial charge in [-0.3, -0.25) is 10.1 Å². The van der Waals surface area contributed by atoms with Gasteiger partial charge in [-0.05, 0) is 42.9 Å². The molecule has 0 saturated carbocycles. The second kappa shape index (κ2) is 9.31. The fraction of sp³-hybridized carbons (Fsp3) is 0.467. The van der Waals surface area contributed by atoms with Crippen molar-refractivity contribution >= 4 is 23.2 Å². The number of methoxy groups -OCH3 is 1. The molecule has 0 heterocycles. The van der Waals surface area contributed by atoms with Crippen LogP contribution in [-0.2, 0) is 0 Å². The zero-order valence-corrected chi connectivity index (χ0v) is 12.9. The Morgan fingerprint density at radius 3 is 2.50 bits per heavy atom. The van der Waals surface area contributed by atoms with Gasteiger partial charge in [0, 0.05) is 12.1 Å². The molecule has 1 aromatic rings. The predicted octanol–water partition coefficient (Wildman–Crippen LogP) is 2.88. The largest absolute Gasteiger partial charge is 0.497 e. The molecule has 1 rings (SSSR count). The van der Waals surface area contributed by atoms with Gasteiger partial charge < -0.3 is 10.1 Å². The highest BCUT2D eigenvalue weighted by Crippen LogP contribution is 2.10. The maximum Gasteiger partial charge on any atom is 0.257 e. The van der Waals surface area contributed by atoms with Crippen molar-refractivity contribution in [2.75, 3.05) is 13.7 Å². The van der Waals surface area contributed by atoms with Crippen molar-refractivity contribution in [2.45, 2.75) is 32.6 Å². The Morgan fingerprint density at radius 2 is 1.90 bits per heavy atom. The van der Waals surface area contributed by atoms with E-state index in [-0.39, 0.29) is 5.91 Å². The lowest BCUT2D eigenvalue weighted by molar-refractivity contribution is 0.0976. The number of rotatable bonds is 7. The molecule has 4 nitrogen and oxygen atoms in total. The van der Waals surface area contributed by atoms with Gasteiger partial charge >= 0.3 is 0 Å². The molecule has 0 fully saturated rings. The third-order valence-electron chi connectivity index (χ3n) is 2.90. The number of unbranched alkanes of at least 4 members (excludes halogenated alkanes) is 3. The molecule has 0 bridgehead atoms. The van der Waals surface area contributed by atoms with Crippen LogP contribution >= 0.6 is 12.2 Å². The minimum absolute atomic E-state index is 0.210. The minimum Gasteiger partial charge on any atom is -0.497 e. The standard InChI is InChI=1S/C15H22N2O2S/c1-3-4-5-6-11-16-15(20)17-14(18)12-7-9-13(19-2)10-8-12/h7-10H,3-6,11H2,1-2H3,(H2,16,17,18,20). The van der Waals surface area contributed by atoms with Crippen LogP contribution < -0.4 is 15.4 Å². The van der Waals surface area contributed by atoms with E-state index in [1.807, 2.05) is 0 Å². The molecule has 110 valence electrons. The van der Waals surface area contributed by atoms with Gasteiger partial charge in [0.1, 0.15) is 5.75 Å². The summed E-state index contributed by atoms with van der Waals surface area (Å²) < 4.78 is 5.05. The van der Waals surface area contributed by atoms with Crippen molar-refractivity contribution in [1.29, 1.82) is 0 Å². The average Bonchev–Trinajstić information content (AvgIpc) is 2.47. The van der Waals surface area contributed by atoms with E-state index in [1.165, 1.54) is 19.3 Å². The van der Waals surface area contributed by atoms with E-state index in [4.69, 9.17) is 17.0 Å². The van der Waals surface area contributed by atoms with Crippen molar-refractivity contribution in [3.05, 3.63) is 29.8 Å². The second-order valence-corrected chi connectivity index (χ2v) is 4.91. The zero-order valence-electron chi connectivity index (χ0n) is 12.1. The van der Waals surface area contributed by atoms with Crippen LogP contribution in [0.2, 0.25) is 0 Å². The van der Waals surface area contributed by atoms with Gasteiger partial charge in [-0.2, -0.15) is 0 Å². The summed E-state index contributed by atoms with van der Waals surface area (Å²) in [6.45, 7) is 2.97. The third kappa shape index (κ3) is 6.02. The highest BCUT2D eigenvalue weighted by molar-refractivity contribution is 7.80. The first kappa shape index (κ1) is 16.4. The Bertz CT molecular complexity index is 432. The molecule has 20 heavy (non-hydrogen) atoms. The number of ether oxygens (including phenoxy) is 1. The number of thiocarbonyl (C=S) groups is 1. The van der Waals surface area contributed by atoms with Crippen molar-refractivity contribution in [3.63, 3.8) is 0 Å². The molecule has 0 aromatic heterocycles. The Hall–Kier alpha value is -1.62. The van der Waals surface area contributed by atoms with E-state index in [2.05, 4.69) is 17.6 Å². The van der Waals surface area contributed by atoms with Crippen molar-refractivity contribution in [3.8, 4) is 5.75 Å². The first-order chi connectivity index (χ1) is 9.67. The second-order valence-electron chi connectivity index (χ2n) is 4.50. The quantitative estimate of drug-likeness (QED) is 0.600. The zero-order chi connectivity index (χ0) is 14.8. The lowest BCUT2D eigenvalue weighted by atomic mass is 10.2. The Labute approximate surface area is 125 Å². The molecule has 0 aliphatic heterocycles. The maximum atomic E-state index is 11.9. The van der Waals surface area contributed by atoms with Gasteiger partial charge in [0.2, 0.25) is 0 Å². The first-order valence-corrected chi connectivity index (χ1v) is 7.31. The molecule has 0 unspecified atom stereocenters. The SMILES string of the molecule is CCCCCCNC(=S)NC(=O)c1ccc(OC)cc1. The summed E-state index contributed by atoms with van der Waals surface area (Å²) in [7, 11) is 1.59. The summed E-state index contributed by atoms with van der Waals surface area (Å²) in [5, 5.41) is 6.08. The van der Waals surface area contributed by atoms with Crippen LogP contribution in [-0.4, -0.2) is 24.7 Å². The van der Waals surface area contributed by atoms with Crippen LogP contribution in [0.1, 0.15) is 43.0 Å². The molecule has 1 aromatic carbocycles. The number of hydrogen-bond acceptors (Lipinski definition) is 3. The summed E-state index contributed by atoms with van der Waals surface area (Å²) in [6, 6.07) is 6.91. The van der Waals surface area contributed by atoms with Crippen LogP contribution in [0.15, 0.2) is 24.3 Å². The maximum absolute atomic E-state index is 11.9. The summed E-state index contributed by atoms with van der Waals surface area (Å²) in [4.78, 5) is 11.9. The summed E-state index contributed by atoms with van der Waals surface area (Å²) >= 11 is 5.09. The topological polar surface area (TPSA) is 50.4 Å². The summed E-state index contributed by atoms with van der Waals surface area (Å²) in [5.41, 5.74) is 0.556. The molecule has 0 spiro atoms. The molecular formula is C15H22N2O2S. The fourth-order valence-corrected chi connectivity index (χ4v) is 1.91. The summed E-state index contributed by atoms with van der Waals surface area (Å²) in [5.74, 6) is 0.511. The number of amides is 1.